The number of rotatable bonds is 8. The summed E-state index contributed by atoms with van der Waals surface area (Å²) in [6.45, 7) is 1.38. The van der Waals surface area contributed by atoms with Crippen molar-refractivity contribution < 1.29 is 24.2 Å². The van der Waals surface area contributed by atoms with Crippen molar-refractivity contribution in [2.75, 3.05) is 0 Å². The van der Waals surface area contributed by atoms with Crippen LogP contribution in [0.2, 0.25) is 0 Å². The molecule has 0 amide bonds. The molecule has 0 aliphatic carbocycles. The third-order valence-electron chi connectivity index (χ3n) is 3.39. The third kappa shape index (κ3) is 6.58. The molecule has 0 aromatic heterocycles. The minimum Gasteiger partial charge on any atom is -0.481 e. The molecular weight excluding hydrogens is 300 g/mol. The van der Waals surface area contributed by atoms with E-state index in [9.17, 15) is 19.5 Å². The molecule has 0 aliphatic heterocycles. The lowest BCUT2D eigenvalue weighted by atomic mass is 9.93. The summed E-state index contributed by atoms with van der Waals surface area (Å²) in [6, 6.07) is 7.28. The lowest BCUT2D eigenvalue weighted by Crippen LogP contribution is -2.40. The molecule has 0 spiro atoms. The first kappa shape index (κ1) is 18.8. The summed E-state index contributed by atoms with van der Waals surface area (Å²) in [5.41, 5.74) is 11.9. The second-order valence-corrected chi connectivity index (χ2v) is 5.43. The van der Waals surface area contributed by atoms with Gasteiger partial charge in [-0.1, -0.05) is 30.3 Å². The first-order valence-corrected chi connectivity index (χ1v) is 7.34. The van der Waals surface area contributed by atoms with Crippen molar-refractivity contribution in [2.45, 2.75) is 38.3 Å². The van der Waals surface area contributed by atoms with E-state index in [-0.39, 0.29) is 6.42 Å². The van der Waals surface area contributed by atoms with Gasteiger partial charge in [0, 0.05) is 0 Å². The van der Waals surface area contributed by atoms with Crippen LogP contribution in [0.15, 0.2) is 30.3 Å². The first-order chi connectivity index (χ1) is 10.8. The number of hydrogen-bond donors (Lipinski definition) is 3. The molecule has 0 aliphatic rings. The van der Waals surface area contributed by atoms with Crippen molar-refractivity contribution in [2.24, 2.45) is 17.4 Å². The molecule has 0 saturated carbocycles. The smallest absolute Gasteiger partial charge is 0.330 e. The number of aryl methyl sites for hydroxylation is 1. The molecule has 1 aromatic carbocycles. The number of carbonyl (C=O) groups is 3. The van der Waals surface area contributed by atoms with Crippen LogP contribution in [0.4, 0.5) is 0 Å². The lowest BCUT2D eigenvalue weighted by molar-refractivity contribution is -0.161. The van der Waals surface area contributed by atoms with Crippen LogP contribution in [0, 0.1) is 5.92 Å². The standard InChI is InChI=1S/C16H22N2O5/c1-10(17)15(21)23-16(22)13(18)9-12(14(19)20)8-7-11-5-3-2-4-6-11/h2-6,10,12-13H,7-9,17-18H2,1H3,(H,19,20)/t10-,12?,13-/m0/s1. The van der Waals surface area contributed by atoms with Crippen LogP contribution in [0.25, 0.3) is 0 Å². The van der Waals surface area contributed by atoms with Crippen molar-refractivity contribution in [3.05, 3.63) is 35.9 Å². The summed E-state index contributed by atoms with van der Waals surface area (Å²) in [5.74, 6) is -3.69. The Morgan fingerprint density at radius 1 is 1.13 bits per heavy atom. The van der Waals surface area contributed by atoms with Crippen molar-refractivity contribution in [3.8, 4) is 0 Å². The largest absolute Gasteiger partial charge is 0.481 e. The van der Waals surface area contributed by atoms with Gasteiger partial charge in [0.05, 0.1) is 5.92 Å². The molecule has 0 heterocycles. The van der Waals surface area contributed by atoms with Gasteiger partial charge in [0.1, 0.15) is 12.1 Å². The Morgan fingerprint density at radius 2 is 1.74 bits per heavy atom. The van der Waals surface area contributed by atoms with E-state index in [1.807, 2.05) is 30.3 Å². The maximum Gasteiger partial charge on any atom is 0.330 e. The molecule has 1 rings (SSSR count). The van der Waals surface area contributed by atoms with E-state index >= 15 is 0 Å². The van der Waals surface area contributed by atoms with Crippen LogP contribution in [0.3, 0.4) is 0 Å². The van der Waals surface area contributed by atoms with Crippen LogP contribution in [-0.4, -0.2) is 35.1 Å². The molecule has 0 fully saturated rings. The summed E-state index contributed by atoms with van der Waals surface area (Å²) in [5, 5.41) is 9.26. The molecule has 0 saturated heterocycles. The third-order valence-corrected chi connectivity index (χ3v) is 3.39. The number of carboxylic acid groups (broad SMARTS) is 1. The number of aliphatic carboxylic acids is 1. The van der Waals surface area contributed by atoms with Crippen LogP contribution >= 0.6 is 0 Å². The van der Waals surface area contributed by atoms with Crippen LogP contribution in [0.5, 0.6) is 0 Å². The monoisotopic (exact) mass is 322 g/mol. The zero-order chi connectivity index (χ0) is 17.4. The average molecular weight is 322 g/mol. The number of benzene rings is 1. The second-order valence-electron chi connectivity index (χ2n) is 5.43. The highest BCUT2D eigenvalue weighted by Gasteiger charge is 2.27. The Bertz CT molecular complexity index is 545. The van der Waals surface area contributed by atoms with E-state index in [1.165, 1.54) is 6.92 Å². The van der Waals surface area contributed by atoms with Gasteiger partial charge >= 0.3 is 17.9 Å². The Hall–Kier alpha value is -2.25. The predicted octanol–water partition coefficient (Wildman–Crippen LogP) is 0.454. The lowest BCUT2D eigenvalue weighted by Gasteiger charge is -2.16. The highest BCUT2D eigenvalue weighted by atomic mass is 16.6. The first-order valence-electron chi connectivity index (χ1n) is 7.34. The topological polar surface area (TPSA) is 133 Å². The zero-order valence-corrected chi connectivity index (χ0v) is 13.0. The highest BCUT2D eigenvalue weighted by molar-refractivity contribution is 5.90. The van der Waals surface area contributed by atoms with Gasteiger partial charge in [-0.25, -0.2) is 9.59 Å². The molecule has 23 heavy (non-hydrogen) atoms. The molecule has 1 aromatic rings. The van der Waals surface area contributed by atoms with Crippen LogP contribution in [-0.2, 0) is 25.5 Å². The normalized spacial score (nSPS) is 14.6. The van der Waals surface area contributed by atoms with E-state index < -0.39 is 35.9 Å². The van der Waals surface area contributed by atoms with Crippen molar-refractivity contribution in [1.29, 1.82) is 0 Å². The number of carboxylic acids is 1. The summed E-state index contributed by atoms with van der Waals surface area (Å²) in [7, 11) is 0. The van der Waals surface area contributed by atoms with E-state index in [0.717, 1.165) is 5.56 Å². The number of ether oxygens (including phenoxy) is 1. The number of carbonyl (C=O) groups excluding carboxylic acids is 2. The fraction of sp³-hybridized carbons (Fsp3) is 0.438. The Labute approximate surface area is 134 Å². The van der Waals surface area contributed by atoms with Crippen LogP contribution in [0.1, 0.15) is 25.3 Å². The number of hydrogen-bond acceptors (Lipinski definition) is 6. The molecule has 7 heteroatoms. The van der Waals surface area contributed by atoms with Crippen molar-refractivity contribution in [3.63, 3.8) is 0 Å². The summed E-state index contributed by atoms with van der Waals surface area (Å²) >= 11 is 0. The quantitative estimate of drug-likeness (QED) is 0.467. The predicted molar refractivity (Wildman–Crippen MR) is 83.2 cm³/mol. The molecule has 5 N–H and O–H groups in total. The Morgan fingerprint density at radius 3 is 2.26 bits per heavy atom. The number of esters is 2. The Kier molecular flexibility index (Phi) is 7.37. The van der Waals surface area contributed by atoms with Gasteiger partial charge in [-0.2, -0.15) is 0 Å². The summed E-state index contributed by atoms with van der Waals surface area (Å²) < 4.78 is 4.50. The van der Waals surface area contributed by atoms with Gasteiger partial charge in [0.2, 0.25) is 0 Å². The minimum atomic E-state index is -1.19. The van der Waals surface area contributed by atoms with E-state index in [1.54, 1.807) is 0 Å². The van der Waals surface area contributed by atoms with Crippen molar-refractivity contribution >= 4 is 17.9 Å². The zero-order valence-electron chi connectivity index (χ0n) is 13.0. The van der Waals surface area contributed by atoms with Crippen molar-refractivity contribution in [1.82, 2.24) is 0 Å². The molecule has 0 radical (unpaired) electrons. The fourth-order valence-corrected chi connectivity index (χ4v) is 2.00. The average Bonchev–Trinajstić information content (AvgIpc) is 2.51. The molecular formula is C16H22N2O5. The van der Waals surface area contributed by atoms with E-state index in [4.69, 9.17) is 11.5 Å². The van der Waals surface area contributed by atoms with Gasteiger partial charge in [-0.3, -0.25) is 4.79 Å². The fourth-order valence-electron chi connectivity index (χ4n) is 2.00. The summed E-state index contributed by atoms with van der Waals surface area (Å²) in [6.07, 6.45) is 0.785. The van der Waals surface area contributed by atoms with Gasteiger partial charge in [0.25, 0.3) is 0 Å². The highest BCUT2D eigenvalue weighted by Crippen LogP contribution is 2.16. The summed E-state index contributed by atoms with van der Waals surface area (Å²) in [4.78, 5) is 34.2. The second kappa shape index (κ2) is 9.02. The van der Waals surface area contributed by atoms with E-state index in [0.29, 0.717) is 12.8 Å². The minimum absolute atomic E-state index is 0.104. The Balaban J connectivity index is 2.56. The molecule has 3 atom stereocenters. The SMILES string of the molecule is C[C@H](N)C(=O)OC(=O)[C@@H](N)CC(CCc1ccccc1)C(=O)O. The van der Waals surface area contributed by atoms with Gasteiger partial charge in [-0.05, 0) is 31.7 Å². The maximum absolute atomic E-state index is 11.7. The molecule has 126 valence electrons. The van der Waals surface area contributed by atoms with Gasteiger partial charge in [-0.15, -0.1) is 0 Å². The van der Waals surface area contributed by atoms with Gasteiger partial charge in [0.15, 0.2) is 0 Å². The molecule has 7 nitrogen and oxygen atoms in total. The maximum atomic E-state index is 11.7. The molecule has 1 unspecified atom stereocenters. The van der Waals surface area contributed by atoms with Crippen LogP contribution < -0.4 is 11.5 Å². The van der Waals surface area contributed by atoms with Gasteiger partial charge < -0.3 is 21.3 Å². The van der Waals surface area contributed by atoms with E-state index in [2.05, 4.69) is 4.74 Å². The molecule has 0 bridgehead atoms. The number of nitrogens with two attached hydrogens (primary N) is 2.